The van der Waals surface area contributed by atoms with Crippen molar-refractivity contribution in [1.82, 2.24) is 29.2 Å². The molecule has 4 heterocycles. The summed E-state index contributed by atoms with van der Waals surface area (Å²) < 4.78 is 3.03. The molecule has 7 nitrogen and oxygen atoms in total. The number of hydrogen-bond acceptors (Lipinski definition) is 5. The Morgan fingerprint density at radius 1 is 1.04 bits per heavy atom. The largest absolute Gasteiger partial charge is 0.269 e. The number of hydrogen-bond donors (Lipinski definition) is 0. The predicted octanol–water partition coefficient (Wildman–Crippen LogP) is 1.67. The number of aryl methyl sites for hydroxylation is 1. The Kier molecular flexibility index (Phi) is 2.94. The van der Waals surface area contributed by atoms with Crippen LogP contribution >= 0.6 is 0 Å². The summed E-state index contributed by atoms with van der Waals surface area (Å²) >= 11 is 0. The fraction of sp³-hybridized carbons (Fsp3) is 0.188. The van der Waals surface area contributed by atoms with Crippen LogP contribution < -0.4 is 5.56 Å². The van der Waals surface area contributed by atoms with Gasteiger partial charge in [0.15, 0.2) is 5.65 Å². The van der Waals surface area contributed by atoms with Crippen LogP contribution in [0.1, 0.15) is 18.3 Å². The molecule has 7 heteroatoms. The van der Waals surface area contributed by atoms with E-state index in [-0.39, 0.29) is 5.56 Å². The minimum atomic E-state index is -0.0650. The second kappa shape index (κ2) is 4.98. The van der Waals surface area contributed by atoms with Crippen LogP contribution in [-0.4, -0.2) is 29.2 Å². The quantitative estimate of drug-likeness (QED) is 0.563. The Bertz CT molecular complexity index is 1090. The Hall–Kier alpha value is -3.09. The maximum atomic E-state index is 12.7. The van der Waals surface area contributed by atoms with Gasteiger partial charge >= 0.3 is 0 Å². The molecule has 23 heavy (non-hydrogen) atoms. The lowest BCUT2D eigenvalue weighted by Crippen LogP contribution is -2.21. The SMILES string of the molecule is CCc1c(-c2ccc3nc(C)nn3n2)nc2ccccn2c1=O. The van der Waals surface area contributed by atoms with Crippen molar-refractivity contribution in [2.24, 2.45) is 0 Å². The molecule has 0 spiro atoms. The molecule has 0 aromatic carbocycles. The van der Waals surface area contributed by atoms with Gasteiger partial charge in [-0.3, -0.25) is 9.20 Å². The topological polar surface area (TPSA) is 77.4 Å². The van der Waals surface area contributed by atoms with Crippen molar-refractivity contribution in [2.45, 2.75) is 20.3 Å². The van der Waals surface area contributed by atoms with Crippen molar-refractivity contribution >= 4 is 11.3 Å². The van der Waals surface area contributed by atoms with Gasteiger partial charge in [0.1, 0.15) is 22.9 Å². The van der Waals surface area contributed by atoms with Crippen LogP contribution in [0.5, 0.6) is 0 Å². The first-order valence-corrected chi connectivity index (χ1v) is 7.38. The normalized spacial score (nSPS) is 11.4. The Morgan fingerprint density at radius 3 is 2.74 bits per heavy atom. The van der Waals surface area contributed by atoms with E-state index >= 15 is 0 Å². The molecule has 0 saturated carbocycles. The lowest BCUT2D eigenvalue weighted by atomic mass is 10.1. The van der Waals surface area contributed by atoms with Gasteiger partial charge in [-0.2, -0.15) is 0 Å². The van der Waals surface area contributed by atoms with E-state index in [9.17, 15) is 4.79 Å². The smallest absolute Gasteiger partial charge is 0.261 e. The highest BCUT2D eigenvalue weighted by atomic mass is 16.1. The molecular weight excluding hydrogens is 292 g/mol. The summed E-state index contributed by atoms with van der Waals surface area (Å²) in [6, 6.07) is 9.13. The van der Waals surface area contributed by atoms with Gasteiger partial charge < -0.3 is 0 Å². The molecule has 0 unspecified atom stereocenters. The standard InChI is InChI=1S/C16H14N6O/c1-3-11-15(18-13-6-4-5-9-21(13)16(11)23)12-7-8-14-17-10(2)19-22(14)20-12/h4-9H,3H2,1-2H3. The van der Waals surface area contributed by atoms with E-state index in [1.807, 2.05) is 44.2 Å². The van der Waals surface area contributed by atoms with Gasteiger partial charge in [-0.1, -0.05) is 13.0 Å². The highest BCUT2D eigenvalue weighted by molar-refractivity contribution is 5.62. The fourth-order valence-electron chi connectivity index (χ4n) is 2.67. The van der Waals surface area contributed by atoms with Gasteiger partial charge in [0.2, 0.25) is 0 Å². The maximum Gasteiger partial charge on any atom is 0.261 e. The van der Waals surface area contributed by atoms with Gasteiger partial charge in [-0.25, -0.2) is 9.97 Å². The fourth-order valence-corrected chi connectivity index (χ4v) is 2.67. The molecule has 0 N–H and O–H groups in total. The first kappa shape index (κ1) is 13.6. The van der Waals surface area contributed by atoms with Crippen LogP contribution in [0.3, 0.4) is 0 Å². The van der Waals surface area contributed by atoms with Crippen LogP contribution in [0, 0.1) is 6.92 Å². The summed E-state index contributed by atoms with van der Waals surface area (Å²) in [5.41, 5.74) is 3.05. The Morgan fingerprint density at radius 2 is 1.91 bits per heavy atom. The number of nitrogens with zero attached hydrogens (tertiary/aromatic N) is 6. The minimum Gasteiger partial charge on any atom is -0.269 e. The molecule has 0 atom stereocenters. The number of aromatic nitrogens is 6. The summed E-state index contributed by atoms with van der Waals surface area (Å²) in [6.45, 7) is 3.75. The summed E-state index contributed by atoms with van der Waals surface area (Å²) in [6.07, 6.45) is 2.31. The second-order valence-electron chi connectivity index (χ2n) is 5.25. The van der Waals surface area contributed by atoms with E-state index in [1.54, 1.807) is 10.6 Å². The molecule has 114 valence electrons. The zero-order chi connectivity index (χ0) is 16.0. The van der Waals surface area contributed by atoms with Crippen molar-refractivity contribution in [1.29, 1.82) is 0 Å². The van der Waals surface area contributed by atoms with E-state index < -0.39 is 0 Å². The monoisotopic (exact) mass is 306 g/mol. The van der Waals surface area contributed by atoms with Gasteiger partial charge in [-0.05, 0) is 37.6 Å². The second-order valence-corrected chi connectivity index (χ2v) is 5.25. The summed E-state index contributed by atoms with van der Waals surface area (Å²) in [4.78, 5) is 21.6. The molecule has 4 rings (SSSR count). The average molecular weight is 306 g/mol. The molecule has 0 radical (unpaired) electrons. The van der Waals surface area contributed by atoms with Crippen LogP contribution in [0.15, 0.2) is 41.3 Å². The van der Waals surface area contributed by atoms with E-state index in [0.29, 0.717) is 40.5 Å². The summed E-state index contributed by atoms with van der Waals surface area (Å²) in [5, 5.41) is 8.68. The number of fused-ring (bicyclic) bond motifs is 2. The molecule has 0 saturated heterocycles. The molecule has 0 aliphatic carbocycles. The molecule has 0 fully saturated rings. The predicted molar refractivity (Wildman–Crippen MR) is 85.4 cm³/mol. The first-order valence-electron chi connectivity index (χ1n) is 7.38. The van der Waals surface area contributed by atoms with E-state index in [2.05, 4.69) is 20.2 Å². The third kappa shape index (κ3) is 2.09. The van der Waals surface area contributed by atoms with Crippen molar-refractivity contribution < 1.29 is 0 Å². The number of rotatable bonds is 2. The summed E-state index contributed by atoms with van der Waals surface area (Å²) in [5.74, 6) is 0.650. The van der Waals surface area contributed by atoms with E-state index in [0.717, 1.165) is 0 Å². The lowest BCUT2D eigenvalue weighted by Gasteiger charge is -2.08. The minimum absolute atomic E-state index is 0.0650. The lowest BCUT2D eigenvalue weighted by molar-refractivity contribution is 0.788. The summed E-state index contributed by atoms with van der Waals surface area (Å²) in [7, 11) is 0. The average Bonchev–Trinajstić information content (AvgIpc) is 2.94. The van der Waals surface area contributed by atoms with Crippen LogP contribution in [0.2, 0.25) is 0 Å². The third-order valence-electron chi connectivity index (χ3n) is 3.74. The zero-order valence-corrected chi connectivity index (χ0v) is 12.8. The number of pyridine rings is 1. The highest BCUT2D eigenvalue weighted by Gasteiger charge is 2.15. The van der Waals surface area contributed by atoms with Crippen LogP contribution in [0.4, 0.5) is 0 Å². The van der Waals surface area contributed by atoms with Crippen LogP contribution in [0.25, 0.3) is 22.7 Å². The van der Waals surface area contributed by atoms with Gasteiger partial charge in [0.25, 0.3) is 5.56 Å². The highest BCUT2D eigenvalue weighted by Crippen LogP contribution is 2.19. The van der Waals surface area contributed by atoms with Crippen molar-refractivity contribution in [3.63, 3.8) is 0 Å². The van der Waals surface area contributed by atoms with Crippen molar-refractivity contribution in [2.75, 3.05) is 0 Å². The molecule has 0 aliphatic heterocycles. The third-order valence-corrected chi connectivity index (χ3v) is 3.74. The van der Waals surface area contributed by atoms with Gasteiger partial charge in [-0.15, -0.1) is 14.8 Å². The molecule has 4 aromatic heterocycles. The maximum absolute atomic E-state index is 12.7. The van der Waals surface area contributed by atoms with Crippen LogP contribution in [-0.2, 0) is 6.42 Å². The van der Waals surface area contributed by atoms with Gasteiger partial charge in [0, 0.05) is 11.8 Å². The molecule has 0 aliphatic rings. The molecule has 0 bridgehead atoms. The van der Waals surface area contributed by atoms with Gasteiger partial charge in [0.05, 0.1) is 0 Å². The molecule has 4 aromatic rings. The zero-order valence-electron chi connectivity index (χ0n) is 12.8. The Labute approximate surface area is 131 Å². The molecular formula is C16H14N6O. The Balaban J connectivity index is 2.04. The van der Waals surface area contributed by atoms with Crippen molar-refractivity contribution in [3.8, 4) is 11.4 Å². The van der Waals surface area contributed by atoms with Crippen molar-refractivity contribution in [3.05, 3.63) is 58.3 Å². The molecule has 0 amide bonds. The van der Waals surface area contributed by atoms with E-state index in [1.165, 1.54) is 4.63 Å². The van der Waals surface area contributed by atoms with E-state index in [4.69, 9.17) is 0 Å². The first-order chi connectivity index (χ1) is 11.2.